The number of aliphatic hydroxyl groups is 1. The first-order chi connectivity index (χ1) is 8.18. The van der Waals surface area contributed by atoms with Gasteiger partial charge in [0.15, 0.2) is 0 Å². The topological polar surface area (TPSA) is 49.3 Å². The summed E-state index contributed by atoms with van der Waals surface area (Å²) in [4.78, 5) is 12.7. The summed E-state index contributed by atoms with van der Waals surface area (Å²) in [7, 11) is 0. The van der Waals surface area contributed by atoms with Crippen LogP contribution < -0.4 is 5.32 Å². The summed E-state index contributed by atoms with van der Waals surface area (Å²) in [5, 5.41) is 15.0. The fourth-order valence-electron chi connectivity index (χ4n) is 1.83. The zero-order chi connectivity index (χ0) is 12.1. The molecule has 0 aliphatic carbocycles. The largest absolute Gasteiger partial charge is 0.388 e. The molecule has 0 radical (unpaired) electrons. The predicted molar refractivity (Wildman–Crippen MR) is 72.5 cm³/mol. The van der Waals surface area contributed by atoms with Crippen LogP contribution in [0.3, 0.4) is 0 Å². The van der Waals surface area contributed by atoms with Gasteiger partial charge in [-0.2, -0.15) is 11.8 Å². The lowest BCUT2D eigenvalue weighted by atomic mass is 9.97. The Labute approximate surface area is 110 Å². The van der Waals surface area contributed by atoms with E-state index in [2.05, 4.69) is 5.32 Å². The molecular weight excluding hydrogens is 254 g/mol. The first-order valence-corrected chi connectivity index (χ1v) is 7.81. The Hall–Kier alpha value is -0.520. The molecule has 2 heterocycles. The third kappa shape index (κ3) is 4.01. The third-order valence-electron chi connectivity index (χ3n) is 2.95. The molecule has 5 heteroatoms. The van der Waals surface area contributed by atoms with Gasteiger partial charge >= 0.3 is 0 Å². The van der Waals surface area contributed by atoms with E-state index in [1.807, 2.05) is 29.3 Å². The molecule has 0 aromatic carbocycles. The number of thioether (sulfide) groups is 1. The summed E-state index contributed by atoms with van der Waals surface area (Å²) in [6.45, 7) is 0.387. The summed E-state index contributed by atoms with van der Waals surface area (Å²) in [5.41, 5.74) is -0.684. The zero-order valence-corrected chi connectivity index (χ0v) is 11.3. The highest BCUT2D eigenvalue weighted by molar-refractivity contribution is 7.99. The van der Waals surface area contributed by atoms with E-state index in [0.29, 0.717) is 13.0 Å². The monoisotopic (exact) mass is 271 g/mol. The van der Waals surface area contributed by atoms with E-state index in [0.717, 1.165) is 29.2 Å². The summed E-state index contributed by atoms with van der Waals surface area (Å²) < 4.78 is 0. The van der Waals surface area contributed by atoms with Gasteiger partial charge in [0.05, 0.1) is 12.0 Å². The highest BCUT2D eigenvalue weighted by atomic mass is 32.2. The molecular formula is C12H17NO2S2. The molecule has 2 rings (SSSR count). The lowest BCUT2D eigenvalue weighted by molar-refractivity contribution is -0.121. The average Bonchev–Trinajstić information content (AvgIpc) is 2.80. The number of hydrogen-bond acceptors (Lipinski definition) is 4. The Bertz CT molecular complexity index is 359. The highest BCUT2D eigenvalue weighted by Crippen LogP contribution is 2.26. The van der Waals surface area contributed by atoms with Gasteiger partial charge in [0.2, 0.25) is 5.91 Å². The van der Waals surface area contributed by atoms with Gasteiger partial charge in [-0.3, -0.25) is 4.79 Å². The Morgan fingerprint density at radius 3 is 2.88 bits per heavy atom. The van der Waals surface area contributed by atoms with Crippen molar-refractivity contribution < 1.29 is 9.90 Å². The van der Waals surface area contributed by atoms with Crippen LogP contribution in [-0.2, 0) is 11.2 Å². The van der Waals surface area contributed by atoms with E-state index < -0.39 is 5.60 Å². The maximum atomic E-state index is 11.7. The van der Waals surface area contributed by atoms with Crippen LogP contribution in [0.2, 0.25) is 0 Å². The Kier molecular flexibility index (Phi) is 4.48. The molecule has 1 aromatic rings. The number of rotatable bonds is 4. The molecule has 0 spiro atoms. The quantitative estimate of drug-likeness (QED) is 0.876. The van der Waals surface area contributed by atoms with Crippen LogP contribution in [0.15, 0.2) is 17.5 Å². The van der Waals surface area contributed by atoms with Crippen LogP contribution in [0.5, 0.6) is 0 Å². The predicted octanol–water partition coefficient (Wildman–Crippen LogP) is 1.66. The van der Waals surface area contributed by atoms with Gasteiger partial charge < -0.3 is 10.4 Å². The van der Waals surface area contributed by atoms with E-state index in [-0.39, 0.29) is 5.91 Å². The molecule has 94 valence electrons. The highest BCUT2D eigenvalue weighted by Gasteiger charge is 2.29. The number of nitrogens with one attached hydrogen (secondary N) is 1. The van der Waals surface area contributed by atoms with Crippen molar-refractivity contribution in [2.24, 2.45) is 0 Å². The molecule has 0 saturated carbocycles. The van der Waals surface area contributed by atoms with Crippen LogP contribution in [-0.4, -0.2) is 34.7 Å². The first-order valence-electron chi connectivity index (χ1n) is 5.77. The molecule has 3 nitrogen and oxygen atoms in total. The van der Waals surface area contributed by atoms with Crippen LogP contribution in [0.25, 0.3) is 0 Å². The van der Waals surface area contributed by atoms with Gasteiger partial charge in [0.1, 0.15) is 0 Å². The van der Waals surface area contributed by atoms with Crippen LogP contribution in [0, 0.1) is 0 Å². The third-order valence-corrected chi connectivity index (χ3v) is 4.82. The summed E-state index contributed by atoms with van der Waals surface area (Å²) in [6, 6.07) is 3.90. The fourth-order valence-corrected chi connectivity index (χ4v) is 3.78. The molecule has 17 heavy (non-hydrogen) atoms. The van der Waals surface area contributed by atoms with Crippen molar-refractivity contribution in [1.82, 2.24) is 5.32 Å². The number of carbonyl (C=O) groups is 1. The van der Waals surface area contributed by atoms with Crippen molar-refractivity contribution in [3.63, 3.8) is 0 Å². The summed E-state index contributed by atoms with van der Waals surface area (Å²) in [6.07, 6.45) is 1.97. The number of thiophene rings is 1. The second kappa shape index (κ2) is 5.89. The minimum absolute atomic E-state index is 0.000832. The molecule has 1 aromatic heterocycles. The van der Waals surface area contributed by atoms with Crippen LogP contribution in [0.4, 0.5) is 0 Å². The van der Waals surface area contributed by atoms with Gasteiger partial charge in [-0.05, 0) is 35.8 Å². The van der Waals surface area contributed by atoms with Crippen molar-refractivity contribution in [2.75, 3.05) is 18.1 Å². The number of amides is 1. The number of carbonyl (C=O) groups excluding carboxylic acids is 1. The SMILES string of the molecule is O=C(Cc1cccs1)NCC1(O)CCSCC1. The maximum Gasteiger partial charge on any atom is 0.225 e. The minimum Gasteiger partial charge on any atom is -0.388 e. The maximum absolute atomic E-state index is 11.7. The fraction of sp³-hybridized carbons (Fsp3) is 0.583. The van der Waals surface area contributed by atoms with Gasteiger partial charge in [-0.1, -0.05) is 6.07 Å². The van der Waals surface area contributed by atoms with Crippen molar-refractivity contribution in [3.8, 4) is 0 Å². The second-order valence-electron chi connectivity index (χ2n) is 4.37. The first kappa shape index (κ1) is 12.9. The van der Waals surface area contributed by atoms with Crippen molar-refractivity contribution in [2.45, 2.75) is 24.9 Å². The lowest BCUT2D eigenvalue weighted by Crippen LogP contribution is -2.45. The van der Waals surface area contributed by atoms with Crippen molar-refractivity contribution >= 4 is 29.0 Å². The van der Waals surface area contributed by atoms with E-state index in [1.165, 1.54) is 0 Å². The smallest absolute Gasteiger partial charge is 0.225 e. The Balaban J connectivity index is 1.75. The van der Waals surface area contributed by atoms with Gasteiger partial charge in [0.25, 0.3) is 0 Å². The van der Waals surface area contributed by atoms with Crippen molar-refractivity contribution in [1.29, 1.82) is 0 Å². The summed E-state index contributed by atoms with van der Waals surface area (Å²) >= 11 is 3.45. The molecule has 0 unspecified atom stereocenters. The molecule has 0 bridgehead atoms. The molecule has 0 atom stereocenters. The van der Waals surface area contributed by atoms with E-state index >= 15 is 0 Å². The summed E-state index contributed by atoms with van der Waals surface area (Å²) in [5.74, 6) is 1.97. The molecule has 1 saturated heterocycles. The van der Waals surface area contributed by atoms with E-state index in [4.69, 9.17) is 0 Å². The van der Waals surface area contributed by atoms with Crippen molar-refractivity contribution in [3.05, 3.63) is 22.4 Å². The molecule has 1 aliphatic heterocycles. The van der Waals surface area contributed by atoms with Gasteiger partial charge in [-0.25, -0.2) is 0 Å². The van der Waals surface area contributed by atoms with Gasteiger partial charge in [-0.15, -0.1) is 11.3 Å². The lowest BCUT2D eigenvalue weighted by Gasteiger charge is -2.31. The molecule has 1 aliphatic rings. The normalized spacial score (nSPS) is 18.9. The van der Waals surface area contributed by atoms with Crippen LogP contribution >= 0.6 is 23.1 Å². The molecule has 1 fully saturated rings. The van der Waals surface area contributed by atoms with E-state index in [9.17, 15) is 9.90 Å². The number of hydrogen-bond donors (Lipinski definition) is 2. The minimum atomic E-state index is -0.684. The Morgan fingerprint density at radius 1 is 1.47 bits per heavy atom. The van der Waals surface area contributed by atoms with Crippen LogP contribution in [0.1, 0.15) is 17.7 Å². The molecule has 2 N–H and O–H groups in total. The average molecular weight is 271 g/mol. The standard InChI is InChI=1S/C12H17NO2S2/c14-11(8-10-2-1-5-17-10)13-9-12(15)3-6-16-7-4-12/h1-2,5,15H,3-4,6-9H2,(H,13,14). The van der Waals surface area contributed by atoms with Gasteiger partial charge in [0, 0.05) is 11.4 Å². The zero-order valence-electron chi connectivity index (χ0n) is 9.65. The van der Waals surface area contributed by atoms with E-state index in [1.54, 1.807) is 11.3 Å². The molecule has 1 amide bonds. The Morgan fingerprint density at radius 2 is 2.24 bits per heavy atom. The second-order valence-corrected chi connectivity index (χ2v) is 6.63.